The van der Waals surface area contributed by atoms with Crippen molar-refractivity contribution in [3.8, 4) is 11.4 Å². The number of hydrogen-bond donors (Lipinski definition) is 0. The van der Waals surface area contributed by atoms with E-state index in [0.717, 1.165) is 86.5 Å². The van der Waals surface area contributed by atoms with Crippen molar-refractivity contribution in [1.82, 2.24) is 19.7 Å². The van der Waals surface area contributed by atoms with Crippen LogP contribution >= 0.6 is 11.8 Å². The third kappa shape index (κ3) is 6.26. The number of likely N-dealkylation sites (tertiary alicyclic amines) is 1. The zero-order chi connectivity index (χ0) is 23.9. The van der Waals surface area contributed by atoms with E-state index in [1.807, 2.05) is 12.1 Å². The van der Waals surface area contributed by atoms with Crippen molar-refractivity contribution in [2.75, 3.05) is 39.1 Å². The first-order valence-electron chi connectivity index (χ1n) is 12.9. The first-order chi connectivity index (χ1) is 17.3. The van der Waals surface area contributed by atoms with E-state index in [4.69, 9.17) is 14.6 Å². The summed E-state index contributed by atoms with van der Waals surface area (Å²) < 4.78 is 13.6. The lowest BCUT2D eigenvalue weighted by Crippen LogP contribution is -2.34. The predicted octanol–water partition coefficient (Wildman–Crippen LogP) is 5.36. The van der Waals surface area contributed by atoms with Crippen molar-refractivity contribution < 1.29 is 9.47 Å². The summed E-state index contributed by atoms with van der Waals surface area (Å²) in [5.41, 5.74) is 2.51. The average Bonchev–Trinajstić information content (AvgIpc) is 3.59. The standard InChI is InChI=1S/C28H36N4O2S/c1-33-25-12-5-11-24(20-25)32-27(29-30-28(32)35-21-26-13-7-19-34-26)23-14-17-31(18-15-23)16-6-10-22-8-3-2-4-9-22/h2-5,8-9,11-12,20,23,26H,6-7,10,13-19,21H2,1H3. The fraction of sp³-hybridized carbons (Fsp3) is 0.500. The second-order valence-corrected chi connectivity index (χ2v) is 10.5. The largest absolute Gasteiger partial charge is 0.497 e. The predicted molar refractivity (Wildman–Crippen MR) is 141 cm³/mol. The number of methoxy groups -OCH3 is 1. The smallest absolute Gasteiger partial charge is 0.195 e. The molecule has 0 bridgehead atoms. The van der Waals surface area contributed by atoms with Crippen molar-refractivity contribution in [2.24, 2.45) is 0 Å². The summed E-state index contributed by atoms with van der Waals surface area (Å²) in [4.78, 5) is 2.61. The van der Waals surface area contributed by atoms with E-state index in [-0.39, 0.29) is 0 Å². The lowest BCUT2D eigenvalue weighted by atomic mass is 9.95. The molecule has 1 unspecified atom stereocenters. The van der Waals surface area contributed by atoms with Crippen LogP contribution in [-0.4, -0.2) is 64.9 Å². The minimum atomic E-state index is 0.318. The van der Waals surface area contributed by atoms with E-state index in [0.29, 0.717) is 12.0 Å². The molecule has 0 aliphatic carbocycles. The highest BCUT2D eigenvalue weighted by atomic mass is 32.2. The molecule has 0 radical (unpaired) electrons. The molecule has 2 aromatic carbocycles. The van der Waals surface area contributed by atoms with Gasteiger partial charge in [-0.2, -0.15) is 0 Å². The first kappa shape index (κ1) is 24.3. The van der Waals surface area contributed by atoms with Crippen molar-refractivity contribution in [3.63, 3.8) is 0 Å². The molecule has 2 aliphatic rings. The number of aromatic nitrogens is 3. The van der Waals surface area contributed by atoms with Crippen LogP contribution in [0.2, 0.25) is 0 Å². The second-order valence-electron chi connectivity index (χ2n) is 9.53. The number of nitrogens with zero attached hydrogens (tertiary/aromatic N) is 4. The Morgan fingerprint density at radius 1 is 1.03 bits per heavy atom. The van der Waals surface area contributed by atoms with Crippen LogP contribution in [0.4, 0.5) is 0 Å². The summed E-state index contributed by atoms with van der Waals surface area (Å²) in [5.74, 6) is 3.26. The molecule has 2 fully saturated rings. The Morgan fingerprint density at radius 2 is 1.89 bits per heavy atom. The summed E-state index contributed by atoms with van der Waals surface area (Å²) in [6, 6.07) is 19.1. The number of benzene rings is 2. The molecule has 7 heteroatoms. The Bertz CT molecular complexity index is 1060. The molecular weight excluding hydrogens is 456 g/mol. The van der Waals surface area contributed by atoms with Crippen LogP contribution in [0.25, 0.3) is 5.69 Å². The van der Waals surface area contributed by atoms with Gasteiger partial charge in [-0.25, -0.2) is 0 Å². The van der Waals surface area contributed by atoms with Gasteiger partial charge < -0.3 is 14.4 Å². The molecule has 0 N–H and O–H groups in total. The van der Waals surface area contributed by atoms with Gasteiger partial charge >= 0.3 is 0 Å². The second kappa shape index (κ2) is 12.1. The van der Waals surface area contributed by atoms with Gasteiger partial charge in [0.15, 0.2) is 5.16 Å². The quantitative estimate of drug-likeness (QED) is 0.355. The maximum atomic E-state index is 5.85. The summed E-state index contributed by atoms with van der Waals surface area (Å²) in [6.45, 7) is 4.27. The van der Waals surface area contributed by atoms with Crippen LogP contribution in [-0.2, 0) is 11.2 Å². The highest BCUT2D eigenvalue weighted by molar-refractivity contribution is 7.99. The Morgan fingerprint density at radius 3 is 2.66 bits per heavy atom. The number of hydrogen-bond acceptors (Lipinski definition) is 6. The van der Waals surface area contributed by atoms with Gasteiger partial charge in [-0.1, -0.05) is 48.2 Å². The number of aryl methyl sites for hydroxylation is 1. The highest BCUT2D eigenvalue weighted by Gasteiger charge is 2.27. The third-order valence-corrected chi connectivity index (χ3v) is 8.19. The van der Waals surface area contributed by atoms with E-state index in [1.165, 1.54) is 12.0 Å². The minimum Gasteiger partial charge on any atom is -0.497 e. The number of rotatable bonds is 10. The van der Waals surface area contributed by atoms with Crippen molar-refractivity contribution >= 4 is 11.8 Å². The van der Waals surface area contributed by atoms with Gasteiger partial charge in [-0.05, 0) is 75.9 Å². The Hall–Kier alpha value is -2.35. The maximum absolute atomic E-state index is 5.85. The molecule has 5 rings (SSSR count). The Balaban J connectivity index is 1.25. The highest BCUT2D eigenvalue weighted by Crippen LogP contribution is 2.33. The van der Waals surface area contributed by atoms with Gasteiger partial charge in [-0.3, -0.25) is 4.57 Å². The van der Waals surface area contributed by atoms with E-state index >= 15 is 0 Å². The minimum absolute atomic E-state index is 0.318. The van der Waals surface area contributed by atoms with E-state index < -0.39 is 0 Å². The zero-order valence-electron chi connectivity index (χ0n) is 20.6. The molecule has 2 aliphatic heterocycles. The first-order valence-corrected chi connectivity index (χ1v) is 13.9. The van der Waals surface area contributed by atoms with Gasteiger partial charge in [0, 0.05) is 24.3 Å². The van der Waals surface area contributed by atoms with Gasteiger partial charge in [0.05, 0.1) is 18.9 Å². The third-order valence-electron chi connectivity index (χ3n) is 7.13. The molecular formula is C28H36N4O2S. The summed E-state index contributed by atoms with van der Waals surface area (Å²) in [6.07, 6.45) is 7.19. The fourth-order valence-electron chi connectivity index (χ4n) is 5.14. The fourth-order valence-corrected chi connectivity index (χ4v) is 6.17. The molecule has 186 valence electrons. The van der Waals surface area contributed by atoms with Crippen molar-refractivity contribution in [1.29, 1.82) is 0 Å². The van der Waals surface area contributed by atoms with Gasteiger partial charge in [0.25, 0.3) is 0 Å². The number of ether oxygens (including phenoxy) is 2. The number of thioether (sulfide) groups is 1. The van der Waals surface area contributed by atoms with Gasteiger partial charge in [0.1, 0.15) is 11.6 Å². The van der Waals surface area contributed by atoms with Crippen molar-refractivity contribution in [2.45, 2.75) is 55.7 Å². The van der Waals surface area contributed by atoms with Crippen LogP contribution in [0.15, 0.2) is 59.8 Å². The van der Waals surface area contributed by atoms with E-state index in [1.54, 1.807) is 18.9 Å². The molecule has 0 saturated carbocycles. The van der Waals surface area contributed by atoms with E-state index in [9.17, 15) is 0 Å². The summed E-state index contributed by atoms with van der Waals surface area (Å²) >= 11 is 1.76. The number of piperidine rings is 1. The molecule has 1 aromatic heterocycles. The molecule has 3 heterocycles. The summed E-state index contributed by atoms with van der Waals surface area (Å²) in [5, 5.41) is 10.3. The van der Waals surface area contributed by atoms with Crippen LogP contribution < -0.4 is 4.74 Å². The Kier molecular flexibility index (Phi) is 8.39. The van der Waals surface area contributed by atoms with Crippen LogP contribution in [0, 0.1) is 0 Å². The molecule has 6 nitrogen and oxygen atoms in total. The SMILES string of the molecule is COc1cccc(-n2c(SCC3CCCO3)nnc2C2CCN(CCCc3ccccc3)CC2)c1. The van der Waals surface area contributed by atoms with Gasteiger partial charge in [-0.15, -0.1) is 10.2 Å². The molecule has 35 heavy (non-hydrogen) atoms. The Labute approximate surface area is 213 Å². The van der Waals surface area contributed by atoms with Crippen LogP contribution in [0.3, 0.4) is 0 Å². The van der Waals surface area contributed by atoms with Crippen LogP contribution in [0.5, 0.6) is 5.75 Å². The van der Waals surface area contributed by atoms with Crippen molar-refractivity contribution in [3.05, 3.63) is 66.0 Å². The van der Waals surface area contributed by atoms with Gasteiger partial charge in [0.2, 0.25) is 0 Å². The van der Waals surface area contributed by atoms with Crippen LogP contribution in [0.1, 0.15) is 49.4 Å². The maximum Gasteiger partial charge on any atom is 0.195 e. The lowest BCUT2D eigenvalue weighted by molar-refractivity contribution is 0.129. The lowest BCUT2D eigenvalue weighted by Gasteiger charge is -2.31. The zero-order valence-corrected chi connectivity index (χ0v) is 21.5. The molecule has 3 aromatic rings. The molecule has 2 saturated heterocycles. The average molecular weight is 493 g/mol. The monoisotopic (exact) mass is 492 g/mol. The summed E-state index contributed by atoms with van der Waals surface area (Å²) in [7, 11) is 1.72. The normalized spacial score (nSPS) is 19.3. The molecule has 0 spiro atoms. The molecule has 0 amide bonds. The van der Waals surface area contributed by atoms with E-state index in [2.05, 4.69) is 57.0 Å². The topological polar surface area (TPSA) is 52.4 Å². The molecule has 1 atom stereocenters.